The third-order valence-corrected chi connectivity index (χ3v) is 8.57. The average molecular weight is 735 g/mol. The lowest BCUT2D eigenvalue weighted by Crippen LogP contribution is -2.65. The quantitative estimate of drug-likeness (QED) is 0.135. The van der Waals surface area contributed by atoms with E-state index in [2.05, 4.69) is 0 Å². The Morgan fingerprint density at radius 3 is 2.15 bits per heavy atom. The van der Waals surface area contributed by atoms with Crippen LogP contribution in [0.5, 0.6) is 23.0 Å². The van der Waals surface area contributed by atoms with Crippen LogP contribution in [0.15, 0.2) is 45.6 Å². The first-order valence-electron chi connectivity index (χ1n) is 16.3. The lowest BCUT2D eigenvalue weighted by molar-refractivity contribution is -0.358. The molecular weight excluding hydrogens is 692 g/mol. The van der Waals surface area contributed by atoms with Gasteiger partial charge in [-0.1, -0.05) is 0 Å². The molecule has 284 valence electrons. The molecule has 2 fully saturated rings. The van der Waals surface area contributed by atoms with Gasteiger partial charge in [-0.25, -0.2) is 0 Å². The normalized spacial score (nSPS) is 29.5. The van der Waals surface area contributed by atoms with E-state index in [1.807, 2.05) is 0 Å². The predicted octanol–water partition coefficient (Wildman–Crippen LogP) is 0.960. The fourth-order valence-electron chi connectivity index (χ4n) is 6.23. The van der Waals surface area contributed by atoms with Gasteiger partial charge in [0.15, 0.2) is 12.1 Å². The molecule has 2 saturated heterocycles. The number of aliphatic hydroxyl groups excluding tert-OH is 4. The summed E-state index contributed by atoms with van der Waals surface area (Å²) in [5, 5.41) is 73.8. The van der Waals surface area contributed by atoms with Gasteiger partial charge < -0.3 is 68.6 Å². The maximum absolute atomic E-state index is 13.9. The Balaban J connectivity index is 1.53. The summed E-state index contributed by atoms with van der Waals surface area (Å²) < 4.78 is 40.9. The molecule has 0 amide bonds. The number of fused-ring (bicyclic) bond motifs is 1. The number of rotatable bonds is 11. The maximum atomic E-state index is 13.9. The summed E-state index contributed by atoms with van der Waals surface area (Å²) in [7, 11) is 0. The van der Waals surface area contributed by atoms with E-state index in [1.54, 1.807) is 13.8 Å². The fourth-order valence-corrected chi connectivity index (χ4v) is 6.23. The van der Waals surface area contributed by atoms with Crippen molar-refractivity contribution >= 4 is 22.7 Å². The Morgan fingerprint density at radius 1 is 0.846 bits per heavy atom. The van der Waals surface area contributed by atoms with E-state index in [0.29, 0.717) is 0 Å². The molecule has 7 N–H and O–H groups in total. The summed E-state index contributed by atoms with van der Waals surface area (Å²) in [6.45, 7) is 6.62. The number of phenolic OH excluding ortho intramolecular Hbond substituents is 3. The Labute approximate surface area is 296 Å². The minimum atomic E-state index is -1.84. The maximum Gasteiger partial charge on any atom is 0.302 e. The Hall–Kier alpha value is -4.33. The molecule has 0 radical (unpaired) electrons. The first-order chi connectivity index (χ1) is 24.4. The van der Waals surface area contributed by atoms with Crippen LogP contribution in [0, 0.1) is 0 Å². The van der Waals surface area contributed by atoms with Crippen LogP contribution in [-0.4, -0.2) is 121 Å². The van der Waals surface area contributed by atoms with Crippen molar-refractivity contribution in [2.75, 3.05) is 6.61 Å². The van der Waals surface area contributed by atoms with Crippen molar-refractivity contribution in [3.05, 3.63) is 46.6 Å². The molecule has 10 atom stereocenters. The molecule has 5 rings (SSSR count). The Kier molecular flexibility index (Phi) is 11.5. The Bertz CT molecular complexity index is 1820. The van der Waals surface area contributed by atoms with Crippen LogP contribution < -0.4 is 10.2 Å². The highest BCUT2D eigenvalue weighted by molar-refractivity contribution is 5.88. The Morgan fingerprint density at radius 2 is 1.52 bits per heavy atom. The zero-order valence-electron chi connectivity index (χ0n) is 28.9. The number of ketones is 1. The number of benzene rings is 2. The van der Waals surface area contributed by atoms with Gasteiger partial charge in [0, 0.05) is 31.0 Å². The lowest BCUT2D eigenvalue weighted by Gasteiger charge is -2.48. The molecule has 0 bridgehead atoms. The molecule has 2 aromatic carbocycles. The second-order valence-corrected chi connectivity index (χ2v) is 13.4. The molecule has 3 heterocycles. The molecule has 0 spiro atoms. The number of carbonyl (C=O) groups is 2. The molecule has 2 aliphatic heterocycles. The van der Waals surface area contributed by atoms with Crippen molar-refractivity contribution in [3.63, 3.8) is 0 Å². The summed E-state index contributed by atoms with van der Waals surface area (Å²) in [4.78, 5) is 37.5. The standard InChI is InChI=1S/C35H42O17/c1-14(36)12-35(4,5)52-32-28(45)34(47-15(2)29(32)50-33-27(44)26(43)24(41)22(49-33)13-46-16(3)37)51-31-25(42)23-20(40)10-19(39)11-21(23)48-30(31)17-6-8-18(38)9-7-17/h6-11,15,22,24,26-29,32-34,38-41,43-45H,12-13H2,1-5H3/t15-,22+,24+,26-,27+,28+,29-,32-,33-,34-/m1/s1. The van der Waals surface area contributed by atoms with Gasteiger partial charge in [-0.2, -0.15) is 0 Å². The second kappa shape index (κ2) is 15.3. The van der Waals surface area contributed by atoms with Gasteiger partial charge in [0.25, 0.3) is 0 Å². The molecule has 3 aromatic rings. The molecule has 0 aliphatic carbocycles. The molecule has 17 nitrogen and oxygen atoms in total. The van der Waals surface area contributed by atoms with E-state index in [-0.39, 0.29) is 40.2 Å². The zero-order valence-corrected chi connectivity index (χ0v) is 28.9. The molecule has 2 aliphatic rings. The lowest BCUT2D eigenvalue weighted by atomic mass is 9.95. The number of carbonyl (C=O) groups excluding carboxylic acids is 2. The van der Waals surface area contributed by atoms with Crippen LogP contribution in [-0.2, 0) is 33.3 Å². The van der Waals surface area contributed by atoms with E-state index < -0.39 is 102 Å². The van der Waals surface area contributed by atoms with Crippen molar-refractivity contribution < 1.29 is 78.2 Å². The van der Waals surface area contributed by atoms with Gasteiger partial charge in [-0.15, -0.1) is 0 Å². The first kappa shape index (κ1) is 38.9. The van der Waals surface area contributed by atoms with Crippen LogP contribution in [0.3, 0.4) is 0 Å². The number of aliphatic hydroxyl groups is 4. The molecule has 17 heteroatoms. The topological polar surface area (TPSA) is 261 Å². The van der Waals surface area contributed by atoms with Gasteiger partial charge in [-0.3, -0.25) is 14.4 Å². The van der Waals surface area contributed by atoms with Crippen molar-refractivity contribution in [2.45, 2.75) is 108 Å². The number of Topliss-reactive ketones (excluding diaryl/α,β-unsaturated/α-hetero) is 1. The smallest absolute Gasteiger partial charge is 0.302 e. The minimum absolute atomic E-state index is 0.101. The predicted molar refractivity (Wildman–Crippen MR) is 176 cm³/mol. The minimum Gasteiger partial charge on any atom is -0.508 e. The number of ether oxygens (including phenoxy) is 6. The van der Waals surface area contributed by atoms with Gasteiger partial charge in [0.1, 0.15) is 83.3 Å². The van der Waals surface area contributed by atoms with Crippen molar-refractivity contribution in [2.24, 2.45) is 0 Å². The molecule has 0 saturated carbocycles. The largest absolute Gasteiger partial charge is 0.508 e. The molecular formula is C35H42O17. The zero-order chi connectivity index (χ0) is 38.2. The number of phenols is 3. The number of hydrogen-bond acceptors (Lipinski definition) is 17. The van der Waals surface area contributed by atoms with Crippen LogP contribution in [0.25, 0.3) is 22.3 Å². The number of esters is 1. The monoisotopic (exact) mass is 734 g/mol. The van der Waals surface area contributed by atoms with Gasteiger partial charge in [0.05, 0.1) is 11.7 Å². The van der Waals surface area contributed by atoms with Crippen LogP contribution in [0.4, 0.5) is 0 Å². The summed E-state index contributed by atoms with van der Waals surface area (Å²) >= 11 is 0. The third kappa shape index (κ3) is 8.32. The van der Waals surface area contributed by atoms with Crippen molar-refractivity contribution in [1.29, 1.82) is 0 Å². The highest BCUT2D eigenvalue weighted by Crippen LogP contribution is 2.39. The third-order valence-electron chi connectivity index (χ3n) is 8.57. The van der Waals surface area contributed by atoms with E-state index in [4.69, 9.17) is 32.8 Å². The summed E-state index contributed by atoms with van der Waals surface area (Å²) in [5.41, 5.74) is -2.14. The van der Waals surface area contributed by atoms with E-state index in [0.717, 1.165) is 19.1 Å². The fraction of sp³-hybridized carbons (Fsp3) is 0.514. The highest BCUT2D eigenvalue weighted by Gasteiger charge is 2.52. The summed E-state index contributed by atoms with van der Waals surface area (Å²) in [6.07, 6.45) is -15.9. The van der Waals surface area contributed by atoms with Crippen molar-refractivity contribution in [1.82, 2.24) is 0 Å². The van der Waals surface area contributed by atoms with Gasteiger partial charge in [-0.05, 0) is 52.0 Å². The van der Waals surface area contributed by atoms with Crippen LogP contribution in [0.2, 0.25) is 0 Å². The molecule has 52 heavy (non-hydrogen) atoms. The van der Waals surface area contributed by atoms with Crippen molar-refractivity contribution in [3.8, 4) is 34.3 Å². The number of aromatic hydroxyl groups is 3. The highest BCUT2D eigenvalue weighted by atomic mass is 16.7. The summed E-state index contributed by atoms with van der Waals surface area (Å²) in [5.74, 6) is -2.83. The van der Waals surface area contributed by atoms with E-state index in [1.165, 1.54) is 38.1 Å². The average Bonchev–Trinajstić information content (AvgIpc) is 3.04. The van der Waals surface area contributed by atoms with Crippen LogP contribution in [0.1, 0.15) is 41.0 Å². The second-order valence-electron chi connectivity index (χ2n) is 13.4. The van der Waals surface area contributed by atoms with Gasteiger partial charge in [0.2, 0.25) is 17.5 Å². The number of hydrogen-bond donors (Lipinski definition) is 7. The van der Waals surface area contributed by atoms with Crippen LogP contribution >= 0.6 is 0 Å². The van der Waals surface area contributed by atoms with Gasteiger partial charge >= 0.3 is 5.97 Å². The van der Waals surface area contributed by atoms with E-state index >= 15 is 0 Å². The first-order valence-corrected chi connectivity index (χ1v) is 16.3. The SMILES string of the molecule is CC(=O)CC(C)(C)O[C@@H]1[C@H](O)[C@@H](Oc2c(-c3ccc(O)cc3)oc3cc(O)cc(O)c3c2=O)O[C@H](C)[C@H]1O[C@H]1O[C@@H](COC(C)=O)[C@H](O)[C@@H](O)[C@@H]1O. The summed E-state index contributed by atoms with van der Waals surface area (Å²) in [6, 6.07) is 7.48. The molecule has 0 unspecified atom stereocenters. The van der Waals surface area contributed by atoms with E-state index in [9.17, 15) is 50.1 Å². The molecule has 1 aromatic heterocycles.